The third kappa shape index (κ3) is 5.59. The van der Waals surface area contributed by atoms with Crippen LogP contribution in [0.3, 0.4) is 0 Å². The molecule has 8 heteroatoms. The maximum Gasteiger partial charge on any atom is 0.343 e. The SMILES string of the molecule is C=CCSNC(=O)N(C(=N)OC1CCCCC1)C(=O)N(C)C. The normalized spacial score (nSPS) is 14.8. The van der Waals surface area contributed by atoms with Gasteiger partial charge in [-0.1, -0.05) is 12.5 Å². The highest BCUT2D eigenvalue weighted by molar-refractivity contribution is 7.98. The topological polar surface area (TPSA) is 85.7 Å². The smallest absolute Gasteiger partial charge is 0.343 e. The van der Waals surface area contributed by atoms with Gasteiger partial charge in [-0.05, 0) is 37.6 Å². The van der Waals surface area contributed by atoms with E-state index >= 15 is 0 Å². The molecule has 0 radical (unpaired) electrons. The molecule has 4 amide bonds. The molecule has 0 atom stereocenters. The van der Waals surface area contributed by atoms with Crippen LogP contribution in [-0.2, 0) is 4.74 Å². The molecule has 22 heavy (non-hydrogen) atoms. The van der Waals surface area contributed by atoms with E-state index in [2.05, 4.69) is 11.3 Å². The molecule has 7 nitrogen and oxygen atoms in total. The lowest BCUT2D eigenvalue weighted by atomic mass is 9.98. The molecule has 0 bridgehead atoms. The molecule has 1 saturated carbocycles. The lowest BCUT2D eigenvalue weighted by molar-refractivity contribution is 0.115. The van der Waals surface area contributed by atoms with Gasteiger partial charge >= 0.3 is 18.1 Å². The van der Waals surface area contributed by atoms with Crippen molar-refractivity contribution in [3.63, 3.8) is 0 Å². The van der Waals surface area contributed by atoms with Gasteiger partial charge in [0, 0.05) is 19.8 Å². The first-order chi connectivity index (χ1) is 10.5. The summed E-state index contributed by atoms with van der Waals surface area (Å²) in [6.45, 7) is 3.55. The minimum Gasteiger partial charge on any atom is -0.461 e. The molecule has 0 saturated heterocycles. The second-order valence-electron chi connectivity index (χ2n) is 5.20. The summed E-state index contributed by atoms with van der Waals surface area (Å²) in [7, 11) is 3.04. The van der Waals surface area contributed by atoms with Crippen LogP contribution >= 0.6 is 11.9 Å². The highest BCUT2D eigenvalue weighted by Gasteiger charge is 2.30. The number of rotatable bonds is 4. The maximum atomic E-state index is 12.1. The van der Waals surface area contributed by atoms with Crippen molar-refractivity contribution in [1.82, 2.24) is 14.5 Å². The van der Waals surface area contributed by atoms with Gasteiger partial charge in [-0.2, -0.15) is 4.90 Å². The van der Waals surface area contributed by atoms with Gasteiger partial charge < -0.3 is 9.64 Å². The van der Waals surface area contributed by atoms with Gasteiger partial charge in [-0.3, -0.25) is 10.1 Å². The number of urea groups is 2. The van der Waals surface area contributed by atoms with Gasteiger partial charge in [0.2, 0.25) is 0 Å². The van der Waals surface area contributed by atoms with E-state index in [1.807, 2.05) is 0 Å². The Labute approximate surface area is 135 Å². The number of nitrogens with one attached hydrogen (secondary N) is 2. The Bertz CT molecular complexity index is 422. The fraction of sp³-hybridized carbons (Fsp3) is 0.643. The highest BCUT2D eigenvalue weighted by atomic mass is 32.2. The van der Waals surface area contributed by atoms with Crippen molar-refractivity contribution in [2.75, 3.05) is 19.8 Å². The zero-order valence-electron chi connectivity index (χ0n) is 13.1. The fourth-order valence-electron chi connectivity index (χ4n) is 2.07. The lowest BCUT2D eigenvalue weighted by Crippen LogP contribution is -2.51. The van der Waals surface area contributed by atoms with Gasteiger partial charge in [0.15, 0.2) is 0 Å². The van der Waals surface area contributed by atoms with Crippen molar-refractivity contribution in [2.24, 2.45) is 0 Å². The van der Waals surface area contributed by atoms with Crippen LogP contribution in [0.1, 0.15) is 32.1 Å². The van der Waals surface area contributed by atoms with Crippen molar-refractivity contribution < 1.29 is 14.3 Å². The number of amidine groups is 1. The van der Waals surface area contributed by atoms with E-state index in [1.165, 1.54) is 19.0 Å². The first-order valence-electron chi connectivity index (χ1n) is 7.26. The van der Waals surface area contributed by atoms with Crippen LogP contribution in [0.4, 0.5) is 9.59 Å². The van der Waals surface area contributed by atoms with E-state index in [0.29, 0.717) is 10.7 Å². The predicted octanol–water partition coefficient (Wildman–Crippen LogP) is 2.80. The largest absolute Gasteiger partial charge is 0.461 e. The van der Waals surface area contributed by atoms with Gasteiger partial charge in [0.25, 0.3) is 0 Å². The van der Waals surface area contributed by atoms with Crippen LogP contribution in [0.25, 0.3) is 0 Å². The van der Waals surface area contributed by atoms with Crippen LogP contribution in [0, 0.1) is 5.41 Å². The van der Waals surface area contributed by atoms with E-state index in [9.17, 15) is 9.59 Å². The molecular formula is C14H24N4O3S. The van der Waals surface area contributed by atoms with E-state index in [1.54, 1.807) is 6.08 Å². The summed E-state index contributed by atoms with van der Waals surface area (Å²) < 4.78 is 8.03. The molecule has 1 aliphatic rings. The van der Waals surface area contributed by atoms with Crippen LogP contribution in [0.15, 0.2) is 12.7 Å². The molecule has 0 aromatic rings. The first kappa shape index (κ1) is 18.3. The Morgan fingerprint density at radius 1 is 1.36 bits per heavy atom. The number of hydrogen-bond acceptors (Lipinski definition) is 5. The van der Waals surface area contributed by atoms with Crippen molar-refractivity contribution in [3.8, 4) is 0 Å². The molecule has 1 rings (SSSR count). The van der Waals surface area contributed by atoms with Crippen molar-refractivity contribution >= 4 is 30.0 Å². The molecular weight excluding hydrogens is 304 g/mol. The molecule has 0 aromatic carbocycles. The van der Waals surface area contributed by atoms with Crippen LogP contribution in [-0.4, -0.2) is 53.8 Å². The van der Waals surface area contributed by atoms with Gasteiger partial charge in [0.05, 0.1) is 0 Å². The van der Waals surface area contributed by atoms with Crippen LogP contribution in [0.2, 0.25) is 0 Å². The van der Waals surface area contributed by atoms with E-state index < -0.39 is 18.1 Å². The molecule has 0 spiro atoms. The highest BCUT2D eigenvalue weighted by Crippen LogP contribution is 2.21. The summed E-state index contributed by atoms with van der Waals surface area (Å²) in [6.07, 6.45) is 6.46. The molecule has 0 heterocycles. The van der Waals surface area contributed by atoms with Crippen molar-refractivity contribution in [3.05, 3.63) is 12.7 Å². The van der Waals surface area contributed by atoms with Crippen molar-refractivity contribution in [2.45, 2.75) is 38.2 Å². The number of carbonyl (C=O) groups excluding carboxylic acids is 2. The number of ether oxygens (including phenoxy) is 1. The van der Waals surface area contributed by atoms with E-state index in [0.717, 1.165) is 44.1 Å². The van der Waals surface area contributed by atoms with Crippen LogP contribution in [0.5, 0.6) is 0 Å². The molecule has 2 N–H and O–H groups in total. The van der Waals surface area contributed by atoms with Gasteiger partial charge in [0.1, 0.15) is 6.10 Å². The summed E-state index contributed by atoms with van der Waals surface area (Å²) in [4.78, 5) is 26.2. The zero-order valence-corrected chi connectivity index (χ0v) is 13.9. The molecule has 1 aliphatic carbocycles. The Hall–Kier alpha value is -1.70. The second-order valence-corrected chi connectivity index (χ2v) is 6.03. The molecule has 0 unspecified atom stereocenters. The second kappa shape index (κ2) is 9.34. The Balaban J connectivity index is 2.70. The monoisotopic (exact) mass is 328 g/mol. The number of hydrogen-bond donors (Lipinski definition) is 2. The Kier molecular flexibility index (Phi) is 7.79. The summed E-state index contributed by atoms with van der Waals surface area (Å²) >= 11 is 1.10. The minimum absolute atomic E-state index is 0.104. The fourth-order valence-corrected chi connectivity index (χ4v) is 2.48. The third-order valence-corrected chi connectivity index (χ3v) is 3.89. The quantitative estimate of drug-likeness (QED) is 0.273. The first-order valence-corrected chi connectivity index (χ1v) is 8.25. The maximum absolute atomic E-state index is 12.1. The summed E-state index contributed by atoms with van der Waals surface area (Å²) in [5, 5.41) is 7.98. The average Bonchev–Trinajstić information content (AvgIpc) is 2.48. The van der Waals surface area contributed by atoms with Gasteiger partial charge in [-0.15, -0.1) is 6.58 Å². The minimum atomic E-state index is -0.689. The lowest BCUT2D eigenvalue weighted by Gasteiger charge is -2.28. The molecule has 1 fully saturated rings. The van der Waals surface area contributed by atoms with E-state index in [4.69, 9.17) is 10.1 Å². The van der Waals surface area contributed by atoms with E-state index in [-0.39, 0.29) is 6.10 Å². The molecule has 0 aliphatic heterocycles. The Morgan fingerprint density at radius 3 is 2.55 bits per heavy atom. The molecule has 0 aromatic heterocycles. The molecule has 124 valence electrons. The number of amides is 4. The van der Waals surface area contributed by atoms with Gasteiger partial charge in [-0.25, -0.2) is 9.59 Å². The third-order valence-electron chi connectivity index (χ3n) is 3.17. The predicted molar refractivity (Wildman–Crippen MR) is 87.8 cm³/mol. The van der Waals surface area contributed by atoms with Crippen molar-refractivity contribution in [1.29, 1.82) is 5.41 Å². The summed E-state index contributed by atoms with van der Waals surface area (Å²) in [6, 6.07) is -1.73. The Morgan fingerprint density at radius 2 is 2.00 bits per heavy atom. The standard InChI is InChI=1S/C14H24N4O3S/c1-4-10-22-16-13(19)18(14(20)17(2)3)12(15)21-11-8-6-5-7-9-11/h4,11,15H,1,5-10H2,2-3H3,(H,16,19). The summed E-state index contributed by atoms with van der Waals surface area (Å²) in [5.41, 5.74) is 0. The zero-order chi connectivity index (χ0) is 16.5. The number of nitrogens with zero attached hydrogens (tertiary/aromatic N) is 2. The number of carbonyl (C=O) groups is 2. The summed E-state index contributed by atoms with van der Waals surface area (Å²) in [5.74, 6) is 0.506. The van der Waals surface area contributed by atoms with Crippen LogP contribution < -0.4 is 4.72 Å². The number of imide groups is 1. The average molecular weight is 328 g/mol.